The lowest BCUT2D eigenvalue weighted by Crippen LogP contribution is -2.27. The van der Waals surface area contributed by atoms with Gasteiger partial charge in [-0.15, -0.1) is 0 Å². The normalized spacial score (nSPS) is 12.5. The summed E-state index contributed by atoms with van der Waals surface area (Å²) in [6.07, 6.45) is 7.76. The summed E-state index contributed by atoms with van der Waals surface area (Å²) in [4.78, 5) is 0. The second-order valence-electron chi connectivity index (χ2n) is 5.74. The second kappa shape index (κ2) is 12.0. The third-order valence-electron chi connectivity index (χ3n) is 3.82. The first-order valence-corrected chi connectivity index (χ1v) is 8.58. The topological polar surface area (TPSA) is 21.3 Å². The third-order valence-corrected chi connectivity index (χ3v) is 4.07. The molecule has 3 heteroatoms. The Balaban J connectivity index is 2.39. The van der Waals surface area contributed by atoms with Gasteiger partial charge in [-0.3, -0.25) is 0 Å². The van der Waals surface area contributed by atoms with Gasteiger partial charge in [0.05, 0.1) is 6.61 Å². The van der Waals surface area contributed by atoms with Gasteiger partial charge in [-0.05, 0) is 43.0 Å². The minimum absolute atomic E-state index is 0.694. The van der Waals surface area contributed by atoms with Gasteiger partial charge in [0.15, 0.2) is 0 Å². The van der Waals surface area contributed by atoms with Crippen molar-refractivity contribution in [2.75, 3.05) is 26.8 Å². The molecular formula is C18H30ClNO. The van der Waals surface area contributed by atoms with Crippen molar-refractivity contribution in [3.63, 3.8) is 0 Å². The molecule has 21 heavy (non-hydrogen) atoms. The minimum Gasteiger partial charge on any atom is -0.383 e. The van der Waals surface area contributed by atoms with Gasteiger partial charge < -0.3 is 10.1 Å². The van der Waals surface area contributed by atoms with Crippen molar-refractivity contribution >= 4 is 11.6 Å². The van der Waals surface area contributed by atoms with Gasteiger partial charge in [-0.2, -0.15) is 0 Å². The van der Waals surface area contributed by atoms with Crippen LogP contribution in [0.1, 0.15) is 44.6 Å². The van der Waals surface area contributed by atoms with Crippen molar-refractivity contribution in [1.29, 1.82) is 0 Å². The van der Waals surface area contributed by atoms with Crippen molar-refractivity contribution in [2.24, 2.45) is 5.92 Å². The number of halogens is 1. The van der Waals surface area contributed by atoms with Crippen LogP contribution in [0.3, 0.4) is 0 Å². The molecule has 0 saturated carbocycles. The molecule has 0 amide bonds. The molecule has 0 fully saturated rings. The molecule has 2 nitrogen and oxygen atoms in total. The van der Waals surface area contributed by atoms with E-state index in [1.54, 1.807) is 7.11 Å². The molecule has 1 atom stereocenters. The van der Waals surface area contributed by atoms with Gasteiger partial charge in [-0.25, -0.2) is 0 Å². The molecule has 0 aliphatic rings. The van der Waals surface area contributed by atoms with Gasteiger partial charge in [0.1, 0.15) is 0 Å². The molecule has 0 aliphatic heterocycles. The van der Waals surface area contributed by atoms with Crippen LogP contribution in [0.25, 0.3) is 0 Å². The van der Waals surface area contributed by atoms with Crippen LogP contribution in [0.5, 0.6) is 0 Å². The van der Waals surface area contributed by atoms with Gasteiger partial charge in [0.2, 0.25) is 0 Å². The first kappa shape index (κ1) is 18.5. The summed E-state index contributed by atoms with van der Waals surface area (Å²) in [7, 11) is 1.75. The standard InChI is InChI=1S/C18H30ClNO/c1-3-4-5-6-7-17(15-20-12-13-21-2)14-16-8-10-18(19)11-9-16/h8-11,17,20H,3-7,12-15H2,1-2H3. The monoisotopic (exact) mass is 311 g/mol. The summed E-state index contributed by atoms with van der Waals surface area (Å²) in [6, 6.07) is 8.28. The number of benzene rings is 1. The molecule has 0 radical (unpaired) electrons. The molecule has 1 unspecified atom stereocenters. The average Bonchev–Trinajstić information content (AvgIpc) is 2.50. The highest BCUT2D eigenvalue weighted by atomic mass is 35.5. The fourth-order valence-corrected chi connectivity index (χ4v) is 2.70. The molecular weight excluding hydrogens is 282 g/mol. The fourth-order valence-electron chi connectivity index (χ4n) is 2.57. The van der Waals surface area contributed by atoms with E-state index in [0.29, 0.717) is 5.92 Å². The Morgan fingerprint density at radius 1 is 1.14 bits per heavy atom. The summed E-state index contributed by atoms with van der Waals surface area (Å²) >= 11 is 5.96. The highest BCUT2D eigenvalue weighted by Gasteiger charge is 2.09. The Morgan fingerprint density at radius 2 is 1.90 bits per heavy atom. The van der Waals surface area contributed by atoms with E-state index in [9.17, 15) is 0 Å². The predicted octanol–water partition coefficient (Wildman–Crippen LogP) is 4.71. The smallest absolute Gasteiger partial charge is 0.0587 e. The third kappa shape index (κ3) is 9.13. The molecule has 0 saturated heterocycles. The number of rotatable bonds is 12. The van der Waals surface area contributed by atoms with Crippen LogP contribution in [-0.4, -0.2) is 26.8 Å². The summed E-state index contributed by atoms with van der Waals surface area (Å²) in [5, 5.41) is 4.32. The zero-order valence-electron chi connectivity index (χ0n) is 13.5. The summed E-state index contributed by atoms with van der Waals surface area (Å²) < 4.78 is 5.09. The van der Waals surface area contributed by atoms with Crippen molar-refractivity contribution in [1.82, 2.24) is 5.32 Å². The minimum atomic E-state index is 0.694. The number of hydrogen-bond acceptors (Lipinski definition) is 2. The van der Waals surface area contributed by atoms with Gasteiger partial charge in [0, 0.05) is 18.7 Å². The van der Waals surface area contributed by atoms with Gasteiger partial charge >= 0.3 is 0 Å². The Labute approximate surface area is 135 Å². The molecule has 0 aliphatic carbocycles. The predicted molar refractivity (Wildman–Crippen MR) is 92.2 cm³/mol. The molecule has 0 bridgehead atoms. The number of unbranched alkanes of at least 4 members (excludes halogenated alkanes) is 3. The fraction of sp³-hybridized carbons (Fsp3) is 0.667. The van der Waals surface area contributed by atoms with E-state index in [1.165, 1.54) is 37.7 Å². The van der Waals surface area contributed by atoms with Crippen LogP contribution in [0.2, 0.25) is 5.02 Å². The SMILES string of the molecule is CCCCCCC(CNCCOC)Cc1ccc(Cl)cc1. The maximum Gasteiger partial charge on any atom is 0.0587 e. The number of ether oxygens (including phenoxy) is 1. The number of hydrogen-bond donors (Lipinski definition) is 1. The van der Waals surface area contributed by atoms with Crippen molar-refractivity contribution in [2.45, 2.75) is 45.4 Å². The lowest BCUT2D eigenvalue weighted by molar-refractivity contribution is 0.197. The molecule has 0 heterocycles. The highest BCUT2D eigenvalue weighted by molar-refractivity contribution is 6.30. The van der Waals surface area contributed by atoms with Crippen LogP contribution in [0.15, 0.2) is 24.3 Å². The van der Waals surface area contributed by atoms with E-state index in [1.807, 2.05) is 12.1 Å². The average molecular weight is 312 g/mol. The molecule has 0 aromatic heterocycles. The first-order valence-electron chi connectivity index (χ1n) is 8.20. The van der Waals surface area contributed by atoms with Crippen molar-refractivity contribution in [3.05, 3.63) is 34.9 Å². The largest absolute Gasteiger partial charge is 0.383 e. The lowest BCUT2D eigenvalue weighted by Gasteiger charge is -2.18. The Kier molecular flexibility index (Phi) is 10.6. The van der Waals surface area contributed by atoms with Crippen molar-refractivity contribution in [3.8, 4) is 0 Å². The highest BCUT2D eigenvalue weighted by Crippen LogP contribution is 2.18. The molecule has 1 aromatic carbocycles. The second-order valence-corrected chi connectivity index (χ2v) is 6.18. The van der Waals surface area contributed by atoms with E-state index < -0.39 is 0 Å². The van der Waals surface area contributed by atoms with Crippen LogP contribution >= 0.6 is 11.6 Å². The Morgan fingerprint density at radius 3 is 2.57 bits per heavy atom. The van der Waals surface area contributed by atoms with Crippen LogP contribution < -0.4 is 5.32 Å². The molecule has 1 aromatic rings. The molecule has 1 rings (SSSR count). The van der Waals surface area contributed by atoms with Crippen molar-refractivity contribution < 1.29 is 4.74 Å². The first-order chi connectivity index (χ1) is 10.3. The van der Waals surface area contributed by atoms with E-state index in [2.05, 4.69) is 24.4 Å². The lowest BCUT2D eigenvalue weighted by atomic mass is 9.93. The van der Waals surface area contributed by atoms with Gasteiger partial charge in [-0.1, -0.05) is 56.3 Å². The molecule has 120 valence electrons. The number of methoxy groups -OCH3 is 1. The number of nitrogens with one attached hydrogen (secondary N) is 1. The summed E-state index contributed by atoms with van der Waals surface area (Å²) in [5.41, 5.74) is 1.38. The maximum absolute atomic E-state index is 5.96. The molecule has 0 spiro atoms. The Bertz CT molecular complexity index is 341. The summed E-state index contributed by atoms with van der Waals surface area (Å²) in [6.45, 7) is 5.04. The zero-order valence-corrected chi connectivity index (χ0v) is 14.3. The van der Waals surface area contributed by atoms with Crippen LogP contribution in [0, 0.1) is 5.92 Å². The van der Waals surface area contributed by atoms with E-state index >= 15 is 0 Å². The van der Waals surface area contributed by atoms with E-state index in [0.717, 1.165) is 31.1 Å². The quantitative estimate of drug-likeness (QED) is 0.565. The van der Waals surface area contributed by atoms with Crippen LogP contribution in [-0.2, 0) is 11.2 Å². The molecule has 1 N–H and O–H groups in total. The van der Waals surface area contributed by atoms with E-state index in [4.69, 9.17) is 16.3 Å². The Hall–Kier alpha value is -0.570. The zero-order chi connectivity index (χ0) is 15.3. The van der Waals surface area contributed by atoms with Crippen LogP contribution in [0.4, 0.5) is 0 Å². The van der Waals surface area contributed by atoms with E-state index in [-0.39, 0.29) is 0 Å². The summed E-state index contributed by atoms with van der Waals surface area (Å²) in [5.74, 6) is 0.694. The van der Waals surface area contributed by atoms with Gasteiger partial charge in [0.25, 0.3) is 0 Å². The maximum atomic E-state index is 5.96.